The fourth-order valence-electron chi connectivity index (χ4n) is 2.60. The Hall–Kier alpha value is -1.70. The number of aryl methyl sites for hydroxylation is 1. The van der Waals surface area contributed by atoms with Gasteiger partial charge in [-0.25, -0.2) is 0 Å². The molecule has 0 aliphatic heterocycles. The highest BCUT2D eigenvalue weighted by atomic mass is 16.3. The van der Waals surface area contributed by atoms with Gasteiger partial charge in [-0.05, 0) is 70.6 Å². The van der Waals surface area contributed by atoms with Crippen molar-refractivity contribution >= 4 is 0 Å². The summed E-state index contributed by atoms with van der Waals surface area (Å²) in [5.74, 6) is 0.426. The molecule has 0 saturated heterocycles. The molecule has 1 aromatic carbocycles. The second-order valence-corrected chi connectivity index (χ2v) is 6.64. The molecule has 0 atom stereocenters. The van der Waals surface area contributed by atoms with Crippen LogP contribution in [0.15, 0.2) is 35.4 Å². The van der Waals surface area contributed by atoms with Gasteiger partial charge in [-0.15, -0.1) is 0 Å². The Morgan fingerprint density at radius 1 is 1.00 bits per heavy atom. The predicted molar refractivity (Wildman–Crippen MR) is 99.1 cm³/mol. The van der Waals surface area contributed by atoms with E-state index in [4.69, 9.17) is 0 Å². The molecule has 23 heavy (non-hydrogen) atoms. The van der Waals surface area contributed by atoms with Crippen LogP contribution in [0.5, 0.6) is 11.5 Å². The van der Waals surface area contributed by atoms with Crippen molar-refractivity contribution in [1.82, 2.24) is 0 Å². The molecule has 0 fully saturated rings. The van der Waals surface area contributed by atoms with Gasteiger partial charge in [0.25, 0.3) is 0 Å². The summed E-state index contributed by atoms with van der Waals surface area (Å²) in [6.45, 7) is 8.49. The normalized spacial score (nSPS) is 11.6. The Labute approximate surface area is 141 Å². The Morgan fingerprint density at radius 2 is 1.65 bits per heavy atom. The van der Waals surface area contributed by atoms with Gasteiger partial charge in [-0.2, -0.15) is 0 Å². The number of hydrogen-bond acceptors (Lipinski definition) is 2. The van der Waals surface area contributed by atoms with E-state index in [9.17, 15) is 10.2 Å². The van der Waals surface area contributed by atoms with Crippen LogP contribution in [0.25, 0.3) is 0 Å². The van der Waals surface area contributed by atoms with E-state index in [1.807, 2.05) is 0 Å². The van der Waals surface area contributed by atoms with E-state index < -0.39 is 0 Å². The van der Waals surface area contributed by atoms with E-state index >= 15 is 0 Å². The van der Waals surface area contributed by atoms with Crippen molar-refractivity contribution in [2.75, 3.05) is 0 Å². The zero-order chi connectivity index (χ0) is 17.2. The lowest BCUT2D eigenvalue weighted by Crippen LogP contribution is -1.91. The molecule has 0 bridgehead atoms. The molecule has 0 radical (unpaired) electrons. The molecule has 0 amide bonds. The quantitative estimate of drug-likeness (QED) is 0.429. The van der Waals surface area contributed by atoms with Gasteiger partial charge in [0.05, 0.1) is 0 Å². The molecule has 2 heteroatoms. The van der Waals surface area contributed by atoms with Gasteiger partial charge in [0.1, 0.15) is 11.5 Å². The molecular weight excluding hydrogens is 284 g/mol. The van der Waals surface area contributed by atoms with Crippen LogP contribution < -0.4 is 0 Å². The first-order valence-electron chi connectivity index (χ1n) is 8.76. The van der Waals surface area contributed by atoms with E-state index in [-0.39, 0.29) is 11.5 Å². The minimum atomic E-state index is 0.213. The highest BCUT2D eigenvalue weighted by molar-refractivity contribution is 5.47. The summed E-state index contributed by atoms with van der Waals surface area (Å²) in [6, 6.07) is 3.61. The first-order valence-corrected chi connectivity index (χ1v) is 8.76. The van der Waals surface area contributed by atoms with Crippen molar-refractivity contribution in [2.45, 2.75) is 72.6 Å². The Balaban J connectivity index is 2.67. The van der Waals surface area contributed by atoms with Crippen LogP contribution in [-0.2, 0) is 12.8 Å². The minimum Gasteiger partial charge on any atom is -0.508 e. The third kappa shape index (κ3) is 7.40. The van der Waals surface area contributed by atoms with Gasteiger partial charge in [-0.3, -0.25) is 0 Å². The lowest BCUT2D eigenvalue weighted by Gasteiger charge is -2.09. The molecule has 1 rings (SSSR count). The topological polar surface area (TPSA) is 40.5 Å². The monoisotopic (exact) mass is 316 g/mol. The van der Waals surface area contributed by atoms with Crippen molar-refractivity contribution in [3.63, 3.8) is 0 Å². The average molecular weight is 316 g/mol. The molecule has 2 nitrogen and oxygen atoms in total. The first-order chi connectivity index (χ1) is 10.9. The molecule has 0 spiro atoms. The van der Waals surface area contributed by atoms with Gasteiger partial charge in [0.15, 0.2) is 0 Å². The molecule has 2 N–H and O–H groups in total. The highest BCUT2D eigenvalue weighted by Gasteiger charge is 2.09. The van der Waals surface area contributed by atoms with E-state index in [0.29, 0.717) is 12.0 Å². The number of unbranched alkanes of at least 4 members (excludes halogenated alkanes) is 2. The number of benzene rings is 1. The number of allylic oxidation sites excluding steroid dienone is 4. The Morgan fingerprint density at radius 3 is 2.22 bits per heavy atom. The van der Waals surface area contributed by atoms with Crippen molar-refractivity contribution in [1.29, 1.82) is 0 Å². The molecule has 0 unspecified atom stereocenters. The molecule has 128 valence electrons. The third-order valence-corrected chi connectivity index (χ3v) is 4.08. The van der Waals surface area contributed by atoms with Crippen LogP contribution in [0.2, 0.25) is 0 Å². The molecule has 0 aliphatic carbocycles. The van der Waals surface area contributed by atoms with Crippen molar-refractivity contribution in [3.05, 3.63) is 46.6 Å². The maximum absolute atomic E-state index is 10.2. The largest absolute Gasteiger partial charge is 0.508 e. The van der Waals surface area contributed by atoms with Crippen molar-refractivity contribution in [2.24, 2.45) is 0 Å². The fraction of sp³-hybridized carbons (Fsp3) is 0.524. The van der Waals surface area contributed by atoms with Crippen LogP contribution in [-0.4, -0.2) is 10.2 Å². The number of rotatable bonds is 9. The molecule has 0 heterocycles. The van der Waals surface area contributed by atoms with E-state index in [1.54, 1.807) is 12.1 Å². The molecule has 0 aromatic heterocycles. The van der Waals surface area contributed by atoms with Gasteiger partial charge < -0.3 is 10.2 Å². The van der Waals surface area contributed by atoms with Gasteiger partial charge in [0.2, 0.25) is 0 Å². The van der Waals surface area contributed by atoms with Crippen LogP contribution in [0.3, 0.4) is 0 Å². The fourth-order valence-corrected chi connectivity index (χ4v) is 2.60. The summed E-state index contributed by atoms with van der Waals surface area (Å²) in [6.07, 6.45) is 11.3. The summed E-state index contributed by atoms with van der Waals surface area (Å²) in [5.41, 5.74) is 4.27. The van der Waals surface area contributed by atoms with E-state index in [1.165, 1.54) is 24.0 Å². The first kappa shape index (κ1) is 19.3. The smallest absolute Gasteiger partial charge is 0.123 e. The second kappa shape index (κ2) is 10.1. The van der Waals surface area contributed by atoms with Gasteiger partial charge in [0, 0.05) is 5.56 Å². The molecular formula is C21H32O2. The van der Waals surface area contributed by atoms with E-state index in [0.717, 1.165) is 31.2 Å². The van der Waals surface area contributed by atoms with Gasteiger partial charge in [-0.1, -0.05) is 43.1 Å². The van der Waals surface area contributed by atoms with Crippen LogP contribution in [0.1, 0.15) is 70.9 Å². The lowest BCUT2D eigenvalue weighted by molar-refractivity contribution is 0.439. The van der Waals surface area contributed by atoms with Crippen molar-refractivity contribution in [3.8, 4) is 11.5 Å². The summed E-state index contributed by atoms with van der Waals surface area (Å²) in [4.78, 5) is 0. The lowest BCUT2D eigenvalue weighted by atomic mass is 10.0. The maximum atomic E-state index is 10.2. The Bertz CT molecular complexity index is 526. The third-order valence-electron chi connectivity index (χ3n) is 4.08. The van der Waals surface area contributed by atoms with Crippen LogP contribution in [0, 0.1) is 0 Å². The van der Waals surface area contributed by atoms with Crippen LogP contribution in [0.4, 0.5) is 0 Å². The zero-order valence-corrected chi connectivity index (χ0v) is 15.2. The summed E-state index contributed by atoms with van der Waals surface area (Å²) in [7, 11) is 0. The zero-order valence-electron chi connectivity index (χ0n) is 15.2. The number of phenolic OH excluding ortho intramolecular Hbond substituents is 2. The van der Waals surface area contributed by atoms with E-state index in [2.05, 4.69) is 39.8 Å². The summed E-state index contributed by atoms with van der Waals surface area (Å²) >= 11 is 0. The number of phenols is 2. The standard InChI is InChI=1S/C21H32O2/c1-5-6-7-11-18-14-20(22)19(21(23)15-18)13-12-17(4)10-8-9-16(2)3/h9,12,14-15,22-23H,5-8,10-11,13H2,1-4H3/b17-12-. The summed E-state index contributed by atoms with van der Waals surface area (Å²) < 4.78 is 0. The second-order valence-electron chi connectivity index (χ2n) is 6.64. The van der Waals surface area contributed by atoms with Gasteiger partial charge >= 0.3 is 0 Å². The van der Waals surface area contributed by atoms with Crippen LogP contribution >= 0.6 is 0 Å². The predicted octanol–water partition coefficient (Wildman–Crippen LogP) is 6.07. The molecule has 0 saturated carbocycles. The Kier molecular flexibility index (Phi) is 8.53. The SMILES string of the molecule is CCCCCc1cc(O)c(C/C=C(/C)CCC=C(C)C)c(O)c1. The van der Waals surface area contributed by atoms with Crippen molar-refractivity contribution < 1.29 is 10.2 Å². The molecule has 0 aliphatic rings. The minimum absolute atomic E-state index is 0.213. The number of aromatic hydroxyl groups is 2. The number of hydrogen-bond donors (Lipinski definition) is 2. The summed E-state index contributed by atoms with van der Waals surface area (Å²) in [5, 5.41) is 20.4. The molecule has 1 aromatic rings. The maximum Gasteiger partial charge on any atom is 0.123 e. The average Bonchev–Trinajstić information content (AvgIpc) is 2.46. The highest BCUT2D eigenvalue weighted by Crippen LogP contribution is 2.30.